The van der Waals surface area contributed by atoms with Gasteiger partial charge in [-0.1, -0.05) is 6.92 Å². The largest absolute Gasteiger partial charge is 0.349 e. The molecule has 0 radical (unpaired) electrons. The van der Waals surface area contributed by atoms with Gasteiger partial charge in [0.15, 0.2) is 5.65 Å². The van der Waals surface area contributed by atoms with Crippen molar-refractivity contribution in [3.8, 4) is 0 Å². The highest BCUT2D eigenvalue weighted by Crippen LogP contribution is 2.40. The monoisotopic (exact) mass is 433 g/mol. The van der Waals surface area contributed by atoms with E-state index in [1.165, 1.54) is 4.57 Å². The van der Waals surface area contributed by atoms with E-state index in [1.807, 2.05) is 6.92 Å². The van der Waals surface area contributed by atoms with Gasteiger partial charge in [0, 0.05) is 36.3 Å². The molecule has 3 fully saturated rings. The number of H-pyrrole nitrogens is 1. The summed E-state index contributed by atoms with van der Waals surface area (Å²) in [7, 11) is 0. The second-order valence-electron chi connectivity index (χ2n) is 8.76. The van der Waals surface area contributed by atoms with Crippen LogP contribution in [0.5, 0.6) is 0 Å². The van der Waals surface area contributed by atoms with Gasteiger partial charge in [-0.15, -0.1) is 12.4 Å². The predicted molar refractivity (Wildman–Crippen MR) is 117 cm³/mol. The van der Waals surface area contributed by atoms with Gasteiger partial charge >= 0.3 is 5.69 Å². The SMILES string of the molecule is CCCn1c(=O)[nH]c(=O)c2c(C(=O)NC3CC4CCC(C3)N4)cc(C3CC3)nc21.Cl. The molecule has 2 saturated heterocycles. The average Bonchev–Trinajstić information content (AvgIpc) is 3.48. The smallest absolute Gasteiger partial charge is 0.329 e. The van der Waals surface area contributed by atoms with Crippen LogP contribution in [0.25, 0.3) is 11.0 Å². The van der Waals surface area contributed by atoms with Crippen molar-refractivity contribution in [2.24, 2.45) is 0 Å². The molecule has 3 aliphatic rings. The standard InChI is InChI=1S/C21H27N5O3.ClH/c1-2-7-26-18-17(20(28)25-21(26)29)15(10-16(24-18)11-3-4-11)19(27)23-14-8-12-5-6-13(9-14)22-12;/h10-14,22H,2-9H2,1H3,(H,23,27)(H,25,28,29);1H. The maximum Gasteiger partial charge on any atom is 0.329 e. The van der Waals surface area contributed by atoms with Gasteiger partial charge in [-0.05, 0) is 51.0 Å². The van der Waals surface area contributed by atoms with Gasteiger partial charge in [-0.3, -0.25) is 19.1 Å². The average molecular weight is 434 g/mol. The molecule has 2 unspecified atom stereocenters. The molecule has 9 heteroatoms. The van der Waals surface area contributed by atoms with Crippen molar-refractivity contribution >= 4 is 29.3 Å². The van der Waals surface area contributed by atoms with Gasteiger partial charge in [0.1, 0.15) is 0 Å². The van der Waals surface area contributed by atoms with E-state index >= 15 is 0 Å². The zero-order valence-electron chi connectivity index (χ0n) is 17.1. The number of piperidine rings is 1. The molecule has 2 aromatic rings. The van der Waals surface area contributed by atoms with Crippen LogP contribution in [0.4, 0.5) is 0 Å². The fourth-order valence-corrected chi connectivity index (χ4v) is 4.93. The van der Waals surface area contributed by atoms with E-state index in [0.29, 0.717) is 35.8 Å². The highest BCUT2D eigenvalue weighted by Gasteiger charge is 2.35. The predicted octanol–water partition coefficient (Wildman–Crippen LogP) is 1.81. The number of amides is 1. The Morgan fingerprint density at radius 1 is 1.20 bits per heavy atom. The van der Waals surface area contributed by atoms with Crippen LogP contribution in [-0.2, 0) is 6.54 Å². The van der Waals surface area contributed by atoms with Crippen LogP contribution >= 0.6 is 12.4 Å². The Labute approximate surface area is 180 Å². The molecule has 162 valence electrons. The summed E-state index contributed by atoms with van der Waals surface area (Å²) in [6.45, 7) is 2.42. The van der Waals surface area contributed by atoms with Crippen molar-refractivity contribution in [2.75, 3.05) is 0 Å². The maximum atomic E-state index is 13.3. The molecular formula is C21H28ClN5O3. The van der Waals surface area contributed by atoms with Gasteiger partial charge in [-0.2, -0.15) is 0 Å². The second-order valence-corrected chi connectivity index (χ2v) is 8.76. The van der Waals surface area contributed by atoms with Crippen LogP contribution in [0.2, 0.25) is 0 Å². The number of pyridine rings is 1. The molecule has 4 heterocycles. The Morgan fingerprint density at radius 2 is 1.90 bits per heavy atom. The van der Waals surface area contributed by atoms with E-state index in [0.717, 1.165) is 50.6 Å². The summed E-state index contributed by atoms with van der Waals surface area (Å²) < 4.78 is 1.49. The van der Waals surface area contributed by atoms with E-state index in [1.54, 1.807) is 6.07 Å². The summed E-state index contributed by atoms with van der Waals surface area (Å²) in [5.74, 6) is 0.0722. The molecular weight excluding hydrogens is 406 g/mol. The molecule has 2 aromatic heterocycles. The number of fused-ring (bicyclic) bond motifs is 3. The third kappa shape index (κ3) is 3.78. The first-order valence-electron chi connectivity index (χ1n) is 10.8. The maximum absolute atomic E-state index is 13.3. The Morgan fingerprint density at radius 3 is 2.53 bits per heavy atom. The first-order valence-corrected chi connectivity index (χ1v) is 10.8. The zero-order chi connectivity index (χ0) is 20.1. The van der Waals surface area contributed by atoms with Crippen molar-refractivity contribution in [2.45, 2.75) is 82.5 Å². The van der Waals surface area contributed by atoms with Gasteiger partial charge in [0.05, 0.1) is 10.9 Å². The van der Waals surface area contributed by atoms with Crippen LogP contribution in [0.1, 0.15) is 73.8 Å². The molecule has 1 amide bonds. The van der Waals surface area contributed by atoms with Crippen molar-refractivity contribution < 1.29 is 4.79 Å². The molecule has 2 atom stereocenters. The third-order valence-corrected chi connectivity index (χ3v) is 6.46. The molecule has 2 aliphatic heterocycles. The zero-order valence-corrected chi connectivity index (χ0v) is 17.9. The molecule has 2 bridgehead atoms. The summed E-state index contributed by atoms with van der Waals surface area (Å²) >= 11 is 0. The Hall–Kier alpha value is -2.19. The first-order chi connectivity index (χ1) is 14.0. The van der Waals surface area contributed by atoms with Crippen LogP contribution in [-0.4, -0.2) is 38.6 Å². The fourth-order valence-electron chi connectivity index (χ4n) is 4.93. The van der Waals surface area contributed by atoms with Crippen molar-refractivity contribution in [1.29, 1.82) is 0 Å². The number of aryl methyl sites for hydroxylation is 1. The molecule has 0 spiro atoms. The van der Waals surface area contributed by atoms with Crippen LogP contribution in [0.15, 0.2) is 15.7 Å². The molecule has 1 saturated carbocycles. The topological polar surface area (TPSA) is 109 Å². The summed E-state index contributed by atoms with van der Waals surface area (Å²) in [6, 6.07) is 2.80. The van der Waals surface area contributed by atoms with Gasteiger partial charge in [0.25, 0.3) is 11.5 Å². The first kappa shape index (κ1) is 21.1. The summed E-state index contributed by atoms with van der Waals surface area (Å²) in [5, 5.41) is 6.96. The number of halogens is 1. The summed E-state index contributed by atoms with van der Waals surface area (Å²) in [5.41, 5.74) is 0.478. The molecule has 5 rings (SSSR count). The van der Waals surface area contributed by atoms with Gasteiger partial charge in [-0.25, -0.2) is 9.78 Å². The number of carbonyl (C=O) groups excluding carboxylic acids is 1. The normalized spacial score (nSPS) is 25.2. The van der Waals surface area contributed by atoms with Crippen molar-refractivity contribution in [3.05, 3.63) is 38.2 Å². The lowest BCUT2D eigenvalue weighted by molar-refractivity contribution is 0.0925. The molecule has 3 N–H and O–H groups in total. The highest BCUT2D eigenvalue weighted by atomic mass is 35.5. The van der Waals surface area contributed by atoms with E-state index in [4.69, 9.17) is 0 Å². The lowest BCUT2D eigenvalue weighted by Crippen LogP contribution is -2.48. The lowest BCUT2D eigenvalue weighted by atomic mass is 9.99. The van der Waals surface area contributed by atoms with Crippen molar-refractivity contribution in [1.82, 2.24) is 25.2 Å². The quantitative estimate of drug-likeness (QED) is 0.666. The number of aromatic nitrogens is 3. The van der Waals surface area contributed by atoms with E-state index in [-0.39, 0.29) is 29.7 Å². The van der Waals surface area contributed by atoms with Crippen molar-refractivity contribution in [3.63, 3.8) is 0 Å². The van der Waals surface area contributed by atoms with Gasteiger partial charge < -0.3 is 10.6 Å². The number of aromatic amines is 1. The summed E-state index contributed by atoms with van der Waals surface area (Å²) in [4.78, 5) is 45.4. The van der Waals surface area contributed by atoms with E-state index in [9.17, 15) is 14.4 Å². The highest BCUT2D eigenvalue weighted by molar-refractivity contribution is 6.05. The minimum atomic E-state index is -0.539. The Kier molecular flexibility index (Phi) is 5.72. The van der Waals surface area contributed by atoms with Crippen LogP contribution in [0, 0.1) is 0 Å². The van der Waals surface area contributed by atoms with Crippen LogP contribution < -0.4 is 21.9 Å². The molecule has 30 heavy (non-hydrogen) atoms. The number of hydrogen-bond acceptors (Lipinski definition) is 5. The van der Waals surface area contributed by atoms with E-state index in [2.05, 4.69) is 20.6 Å². The van der Waals surface area contributed by atoms with Crippen LogP contribution in [0.3, 0.4) is 0 Å². The second kappa shape index (κ2) is 8.15. The Balaban J connectivity index is 0.00000218. The molecule has 0 aromatic carbocycles. The van der Waals surface area contributed by atoms with E-state index < -0.39 is 11.2 Å². The number of carbonyl (C=O) groups is 1. The number of hydrogen-bond donors (Lipinski definition) is 3. The third-order valence-electron chi connectivity index (χ3n) is 6.46. The molecule has 8 nitrogen and oxygen atoms in total. The lowest BCUT2D eigenvalue weighted by Gasteiger charge is -2.29. The number of nitrogens with one attached hydrogen (secondary N) is 3. The van der Waals surface area contributed by atoms with Gasteiger partial charge in [0.2, 0.25) is 0 Å². The molecule has 1 aliphatic carbocycles. The fraction of sp³-hybridized carbons (Fsp3) is 0.619. The minimum absolute atomic E-state index is 0. The minimum Gasteiger partial charge on any atom is -0.349 e. The number of rotatable bonds is 5. The number of nitrogens with zero attached hydrogens (tertiary/aromatic N) is 2. The Bertz CT molecular complexity index is 1080. The summed E-state index contributed by atoms with van der Waals surface area (Å²) in [6.07, 6.45) is 6.93.